The molecule has 4 atom stereocenters. The molecule has 0 aromatic heterocycles. The second-order valence-corrected chi connectivity index (χ2v) is 12.9. The van der Waals surface area contributed by atoms with Crippen molar-refractivity contribution in [3.8, 4) is 0 Å². The third-order valence-corrected chi connectivity index (χ3v) is 8.97. The maximum absolute atomic E-state index is 14.9. The molecule has 1 saturated heterocycles. The zero-order chi connectivity index (χ0) is 31.9. The summed E-state index contributed by atoms with van der Waals surface area (Å²) in [5.74, 6) is -1.12. The van der Waals surface area contributed by atoms with Crippen LogP contribution in [0.15, 0.2) is 78.9 Å². The topological polar surface area (TPSA) is 96.5 Å². The van der Waals surface area contributed by atoms with Gasteiger partial charge >= 0.3 is 12.1 Å². The molecular weight excluding hydrogens is 570 g/mol. The number of likely N-dealkylation sites (tertiary alicyclic amines) is 1. The maximum atomic E-state index is 14.9. The van der Waals surface area contributed by atoms with Gasteiger partial charge in [-0.3, -0.25) is 14.5 Å². The number of benzene rings is 3. The number of hydrogen-bond acceptors (Lipinski definition) is 6. The largest absolute Gasteiger partial charge is 0.467 e. The highest BCUT2D eigenvalue weighted by Crippen LogP contribution is 2.42. The number of fused-ring (bicyclic) bond motifs is 2. The van der Waals surface area contributed by atoms with E-state index in [-0.39, 0.29) is 24.4 Å². The molecule has 3 aliphatic rings. The molecule has 0 N–H and O–H groups in total. The van der Waals surface area contributed by atoms with E-state index in [1.54, 1.807) is 30.6 Å². The van der Waals surface area contributed by atoms with E-state index in [2.05, 4.69) is 0 Å². The van der Waals surface area contributed by atoms with Gasteiger partial charge in [0.15, 0.2) is 0 Å². The summed E-state index contributed by atoms with van der Waals surface area (Å²) in [6.45, 7) is 5.61. The van der Waals surface area contributed by atoms with Gasteiger partial charge in [-0.05, 0) is 61.9 Å². The fraction of sp³-hybridized carbons (Fsp3) is 0.389. The van der Waals surface area contributed by atoms with Crippen molar-refractivity contribution < 1.29 is 28.7 Å². The van der Waals surface area contributed by atoms with Gasteiger partial charge in [-0.15, -0.1) is 0 Å². The molecule has 0 aliphatic carbocycles. The van der Waals surface area contributed by atoms with Crippen LogP contribution in [0.4, 0.5) is 10.5 Å². The number of amides is 3. The zero-order valence-electron chi connectivity index (χ0n) is 26.1. The lowest BCUT2D eigenvalue weighted by Gasteiger charge is -2.40. The molecule has 0 bridgehead atoms. The Bertz CT molecular complexity index is 1620. The first kappa shape index (κ1) is 30.4. The first-order valence-corrected chi connectivity index (χ1v) is 15.5. The van der Waals surface area contributed by atoms with Crippen molar-refractivity contribution in [1.29, 1.82) is 0 Å². The molecule has 3 aromatic rings. The highest BCUT2D eigenvalue weighted by atomic mass is 16.6. The molecule has 3 amide bonds. The Balaban J connectivity index is 1.38. The Morgan fingerprint density at radius 1 is 0.711 bits per heavy atom. The molecule has 1 fully saturated rings. The highest BCUT2D eigenvalue weighted by molar-refractivity contribution is 6.02. The molecule has 3 aliphatic heterocycles. The number of carbonyl (C=O) groups excluding carboxylic acids is 4. The van der Waals surface area contributed by atoms with E-state index >= 15 is 0 Å². The lowest BCUT2D eigenvalue weighted by Crippen LogP contribution is -2.58. The van der Waals surface area contributed by atoms with Crippen LogP contribution >= 0.6 is 0 Å². The molecule has 3 heterocycles. The van der Waals surface area contributed by atoms with E-state index in [0.29, 0.717) is 31.4 Å². The van der Waals surface area contributed by atoms with Gasteiger partial charge in [-0.1, -0.05) is 72.8 Å². The van der Waals surface area contributed by atoms with Crippen molar-refractivity contribution >= 4 is 29.6 Å². The Morgan fingerprint density at radius 2 is 1.33 bits per heavy atom. The summed E-state index contributed by atoms with van der Waals surface area (Å²) in [5.41, 5.74) is 3.59. The predicted octanol–water partition coefficient (Wildman–Crippen LogP) is 5.21. The van der Waals surface area contributed by atoms with Crippen LogP contribution in [-0.4, -0.2) is 64.5 Å². The average Bonchev–Trinajstić information content (AvgIpc) is 3.65. The van der Waals surface area contributed by atoms with Crippen molar-refractivity contribution in [2.45, 2.75) is 82.8 Å². The van der Waals surface area contributed by atoms with E-state index in [1.165, 1.54) is 12.0 Å². The Morgan fingerprint density at radius 3 is 2.02 bits per heavy atom. The Hall–Kier alpha value is -4.66. The number of methoxy groups -OCH3 is 1. The van der Waals surface area contributed by atoms with E-state index in [4.69, 9.17) is 9.47 Å². The van der Waals surface area contributed by atoms with Gasteiger partial charge in [0.2, 0.25) is 11.8 Å². The quantitative estimate of drug-likeness (QED) is 0.377. The Kier molecular flexibility index (Phi) is 8.12. The van der Waals surface area contributed by atoms with Gasteiger partial charge in [-0.25, -0.2) is 9.59 Å². The number of carbonyl (C=O) groups is 4. The van der Waals surface area contributed by atoms with Gasteiger partial charge in [0.1, 0.15) is 23.7 Å². The molecule has 234 valence electrons. The zero-order valence-corrected chi connectivity index (χ0v) is 26.1. The van der Waals surface area contributed by atoms with Crippen LogP contribution in [0.25, 0.3) is 0 Å². The second-order valence-electron chi connectivity index (χ2n) is 12.9. The molecule has 9 nitrogen and oxygen atoms in total. The standard InChI is InChI=1S/C36H39N3O6/c1-36(2,3)45-35(43)39-27-17-11-10-15-25(27)21-30(39)33(41)38-28(23-12-6-5-7-13-23)18-19-29(38)32(40)37-22-26-16-9-8-14-24(26)20-31(37)34(42)44-4/h5-17,28-31H,18-22H2,1-4H3/t28-,29+,30-,31-/m1/s1. The number of para-hydroxylation sites is 1. The van der Waals surface area contributed by atoms with Gasteiger partial charge in [-0.2, -0.15) is 0 Å². The first-order valence-electron chi connectivity index (χ1n) is 15.5. The fourth-order valence-corrected chi connectivity index (χ4v) is 6.95. The molecule has 3 aromatic carbocycles. The first-order chi connectivity index (χ1) is 21.6. The van der Waals surface area contributed by atoms with Crippen molar-refractivity contribution in [2.75, 3.05) is 12.0 Å². The van der Waals surface area contributed by atoms with Crippen LogP contribution in [0.2, 0.25) is 0 Å². The fourth-order valence-electron chi connectivity index (χ4n) is 6.95. The van der Waals surface area contributed by atoms with Gasteiger partial charge < -0.3 is 19.3 Å². The molecule has 0 unspecified atom stereocenters. The normalized spacial score (nSPS) is 22.4. The smallest absolute Gasteiger partial charge is 0.415 e. The van der Waals surface area contributed by atoms with Crippen LogP contribution < -0.4 is 4.90 Å². The molecule has 0 saturated carbocycles. The van der Waals surface area contributed by atoms with Crippen molar-refractivity contribution in [3.63, 3.8) is 0 Å². The maximum Gasteiger partial charge on any atom is 0.415 e. The lowest BCUT2D eigenvalue weighted by molar-refractivity contribution is -0.157. The number of rotatable bonds is 4. The summed E-state index contributed by atoms with van der Waals surface area (Å²) in [5, 5.41) is 0. The van der Waals surface area contributed by atoms with E-state index in [0.717, 1.165) is 22.3 Å². The van der Waals surface area contributed by atoms with E-state index in [1.807, 2.05) is 78.9 Å². The number of esters is 1. The van der Waals surface area contributed by atoms with Crippen LogP contribution in [0.1, 0.15) is 61.9 Å². The molecule has 6 rings (SSSR count). The van der Waals surface area contributed by atoms with Gasteiger partial charge in [0.25, 0.3) is 0 Å². The summed E-state index contributed by atoms with van der Waals surface area (Å²) in [7, 11) is 1.32. The molecule has 0 spiro atoms. The summed E-state index contributed by atoms with van der Waals surface area (Å²) in [6, 6.07) is 22.0. The summed E-state index contributed by atoms with van der Waals surface area (Å²) >= 11 is 0. The molecular formula is C36H39N3O6. The second kappa shape index (κ2) is 12.0. The monoisotopic (exact) mass is 609 g/mol. The minimum absolute atomic E-state index is 0.238. The predicted molar refractivity (Wildman–Crippen MR) is 168 cm³/mol. The SMILES string of the molecule is COC(=O)[C@H]1Cc2ccccc2CN1C(=O)[C@@H]1CC[C@H](c2ccccc2)N1C(=O)[C@H]1Cc2ccccc2N1C(=O)OC(C)(C)C. The van der Waals surface area contributed by atoms with Gasteiger partial charge in [0, 0.05) is 19.4 Å². The third kappa shape index (κ3) is 5.79. The van der Waals surface area contributed by atoms with Crippen molar-refractivity contribution in [1.82, 2.24) is 9.80 Å². The van der Waals surface area contributed by atoms with Crippen LogP contribution in [0, 0.1) is 0 Å². The minimum Gasteiger partial charge on any atom is -0.467 e. The third-order valence-electron chi connectivity index (χ3n) is 8.97. The van der Waals surface area contributed by atoms with Gasteiger partial charge in [0.05, 0.1) is 18.8 Å². The van der Waals surface area contributed by atoms with Crippen LogP contribution in [-0.2, 0) is 43.2 Å². The number of ether oxygens (including phenoxy) is 2. The highest BCUT2D eigenvalue weighted by Gasteiger charge is 2.50. The van der Waals surface area contributed by atoms with E-state index < -0.39 is 35.8 Å². The molecule has 9 heteroatoms. The summed E-state index contributed by atoms with van der Waals surface area (Å²) in [4.78, 5) is 60.8. The number of nitrogens with zero attached hydrogens (tertiary/aromatic N) is 3. The average molecular weight is 610 g/mol. The van der Waals surface area contributed by atoms with Crippen molar-refractivity contribution in [3.05, 3.63) is 101 Å². The lowest BCUT2D eigenvalue weighted by atomic mass is 9.93. The Labute approximate surface area is 263 Å². The minimum atomic E-state index is -0.893. The molecule has 45 heavy (non-hydrogen) atoms. The summed E-state index contributed by atoms with van der Waals surface area (Å²) in [6.07, 6.45) is 1.01. The summed E-state index contributed by atoms with van der Waals surface area (Å²) < 4.78 is 10.9. The number of hydrogen-bond donors (Lipinski definition) is 0. The van der Waals surface area contributed by atoms with E-state index in [9.17, 15) is 19.2 Å². The van der Waals surface area contributed by atoms with Crippen LogP contribution in [0.3, 0.4) is 0 Å². The van der Waals surface area contributed by atoms with Crippen molar-refractivity contribution in [2.24, 2.45) is 0 Å². The van der Waals surface area contributed by atoms with Crippen LogP contribution in [0.5, 0.6) is 0 Å². The number of anilines is 1. The molecule has 0 radical (unpaired) electrons.